The second-order valence-corrected chi connectivity index (χ2v) is 7.50. The number of hydrogen-bond donors (Lipinski definition) is 1. The van der Waals surface area contributed by atoms with Crippen molar-refractivity contribution in [2.45, 2.75) is 11.4 Å². The highest BCUT2D eigenvalue weighted by atomic mass is 35.5. The van der Waals surface area contributed by atoms with Gasteiger partial charge in [-0.1, -0.05) is 35.3 Å². The van der Waals surface area contributed by atoms with E-state index < -0.39 is 21.7 Å². The van der Waals surface area contributed by atoms with Gasteiger partial charge in [0.05, 0.1) is 32.7 Å². The Hall–Kier alpha value is -1.93. The Labute approximate surface area is 147 Å². The Morgan fingerprint density at radius 3 is 2.46 bits per heavy atom. The number of sulfonamides is 1. The highest BCUT2D eigenvalue weighted by molar-refractivity contribution is 7.89. The quantitative estimate of drug-likeness (QED) is 0.821. The van der Waals surface area contributed by atoms with Crippen LogP contribution in [-0.2, 0) is 21.4 Å². The number of amides is 1. The molecule has 1 aliphatic rings. The molecule has 1 amide bonds. The number of rotatable bonds is 3. The summed E-state index contributed by atoms with van der Waals surface area (Å²) in [6.45, 7) is 0.0334. The van der Waals surface area contributed by atoms with E-state index in [0.29, 0.717) is 16.3 Å². The van der Waals surface area contributed by atoms with Crippen LogP contribution >= 0.6 is 23.2 Å². The fourth-order valence-corrected chi connectivity index (χ4v) is 3.37. The van der Waals surface area contributed by atoms with Crippen molar-refractivity contribution >= 4 is 50.6 Å². The maximum atomic E-state index is 12.2. The zero-order valence-electron chi connectivity index (χ0n) is 12.0. The van der Waals surface area contributed by atoms with Gasteiger partial charge in [-0.15, -0.1) is 0 Å². The number of primary sulfonamides is 1. The third kappa shape index (κ3) is 2.80. The van der Waals surface area contributed by atoms with Gasteiger partial charge in [-0.3, -0.25) is 9.59 Å². The Morgan fingerprint density at radius 1 is 1.08 bits per heavy atom. The zero-order valence-corrected chi connectivity index (χ0v) is 14.3. The summed E-state index contributed by atoms with van der Waals surface area (Å²) in [5.74, 6) is -1.57. The standard InChI is InChI=1S/C15H10Cl2N2O4S/c16-11-3-1-2-8(13(11)17)7-19-12-5-4-9(24(18,22)23)6-10(12)14(20)15(19)21/h1-6H,7H2,(H2,18,22,23). The number of carbonyl (C=O) groups is 2. The van der Waals surface area contributed by atoms with Gasteiger partial charge in [-0.25, -0.2) is 13.6 Å². The average Bonchev–Trinajstić information content (AvgIpc) is 2.75. The van der Waals surface area contributed by atoms with Gasteiger partial charge in [0, 0.05) is 0 Å². The molecule has 0 bridgehead atoms. The summed E-state index contributed by atoms with van der Waals surface area (Å²) in [5.41, 5.74) is 0.854. The number of anilines is 1. The molecule has 0 aromatic heterocycles. The molecule has 0 atom stereocenters. The first-order valence-corrected chi connectivity index (χ1v) is 8.96. The molecule has 24 heavy (non-hydrogen) atoms. The lowest BCUT2D eigenvalue weighted by Gasteiger charge is -2.18. The Bertz CT molecular complexity index is 989. The van der Waals surface area contributed by atoms with E-state index in [0.717, 1.165) is 6.07 Å². The molecule has 1 aliphatic heterocycles. The molecule has 2 aromatic carbocycles. The predicted molar refractivity (Wildman–Crippen MR) is 89.8 cm³/mol. The van der Waals surface area contributed by atoms with Crippen molar-refractivity contribution in [2.24, 2.45) is 5.14 Å². The highest BCUT2D eigenvalue weighted by Crippen LogP contribution is 2.34. The van der Waals surface area contributed by atoms with E-state index in [4.69, 9.17) is 28.3 Å². The van der Waals surface area contributed by atoms with Gasteiger partial charge in [0.15, 0.2) is 0 Å². The number of nitrogens with zero attached hydrogens (tertiary/aromatic N) is 1. The van der Waals surface area contributed by atoms with Crippen LogP contribution in [0, 0.1) is 0 Å². The number of carbonyl (C=O) groups excluding carboxylic acids is 2. The number of benzene rings is 2. The van der Waals surface area contributed by atoms with E-state index in [-0.39, 0.29) is 22.0 Å². The van der Waals surface area contributed by atoms with Crippen molar-refractivity contribution in [3.05, 3.63) is 57.6 Å². The second-order valence-electron chi connectivity index (χ2n) is 5.16. The smallest absolute Gasteiger partial charge is 0.299 e. The van der Waals surface area contributed by atoms with Crippen LogP contribution in [0.5, 0.6) is 0 Å². The Balaban J connectivity index is 2.05. The summed E-state index contributed by atoms with van der Waals surface area (Å²) in [5, 5.41) is 5.67. The number of ketones is 1. The largest absolute Gasteiger partial charge is 0.300 e. The van der Waals surface area contributed by atoms with E-state index in [2.05, 4.69) is 0 Å². The highest BCUT2D eigenvalue weighted by Gasteiger charge is 2.36. The minimum absolute atomic E-state index is 0.00956. The van der Waals surface area contributed by atoms with Crippen molar-refractivity contribution in [1.29, 1.82) is 0 Å². The van der Waals surface area contributed by atoms with Crippen molar-refractivity contribution in [2.75, 3.05) is 4.90 Å². The summed E-state index contributed by atoms with van der Waals surface area (Å²) < 4.78 is 22.8. The van der Waals surface area contributed by atoms with E-state index >= 15 is 0 Å². The molecule has 0 unspecified atom stereocenters. The van der Waals surface area contributed by atoms with Crippen LogP contribution in [-0.4, -0.2) is 20.1 Å². The number of fused-ring (bicyclic) bond motifs is 1. The molecule has 0 radical (unpaired) electrons. The van der Waals surface area contributed by atoms with Gasteiger partial charge in [-0.05, 0) is 29.8 Å². The van der Waals surface area contributed by atoms with Crippen LogP contribution in [0.25, 0.3) is 0 Å². The Kier molecular flexibility index (Phi) is 4.13. The summed E-state index contributed by atoms with van der Waals surface area (Å²) >= 11 is 12.1. The van der Waals surface area contributed by atoms with E-state index in [1.54, 1.807) is 18.2 Å². The number of Topliss-reactive ketones (excluding diaryl/α,β-unsaturated/α-hetero) is 1. The molecule has 0 saturated heterocycles. The minimum Gasteiger partial charge on any atom is -0.300 e. The van der Waals surface area contributed by atoms with Crippen molar-refractivity contribution in [3.8, 4) is 0 Å². The van der Waals surface area contributed by atoms with Crippen molar-refractivity contribution < 1.29 is 18.0 Å². The van der Waals surface area contributed by atoms with Crippen molar-refractivity contribution in [3.63, 3.8) is 0 Å². The lowest BCUT2D eigenvalue weighted by molar-refractivity contribution is -0.114. The van der Waals surface area contributed by atoms with Gasteiger partial charge >= 0.3 is 0 Å². The molecule has 0 spiro atoms. The first-order chi connectivity index (χ1) is 11.2. The van der Waals surface area contributed by atoms with Gasteiger partial charge in [0.2, 0.25) is 10.0 Å². The molecule has 2 aromatic rings. The fourth-order valence-electron chi connectivity index (χ4n) is 2.45. The van der Waals surface area contributed by atoms with E-state index in [9.17, 15) is 18.0 Å². The molecular weight excluding hydrogens is 375 g/mol. The average molecular weight is 385 g/mol. The first kappa shape index (κ1) is 16.9. The maximum absolute atomic E-state index is 12.2. The monoisotopic (exact) mass is 384 g/mol. The summed E-state index contributed by atoms with van der Waals surface area (Å²) in [6, 6.07) is 8.68. The lowest BCUT2D eigenvalue weighted by Crippen LogP contribution is -2.29. The molecule has 2 N–H and O–H groups in total. The number of hydrogen-bond acceptors (Lipinski definition) is 4. The van der Waals surface area contributed by atoms with Gasteiger partial charge in [0.1, 0.15) is 0 Å². The SMILES string of the molecule is NS(=O)(=O)c1ccc2c(c1)C(=O)C(=O)N2Cc1cccc(Cl)c1Cl. The summed E-state index contributed by atoms with van der Waals surface area (Å²) in [7, 11) is -3.97. The van der Waals surface area contributed by atoms with Crippen LogP contribution < -0.4 is 10.0 Å². The predicted octanol–water partition coefficient (Wildman–Crippen LogP) is 2.37. The minimum atomic E-state index is -3.97. The summed E-state index contributed by atoms with van der Waals surface area (Å²) in [4.78, 5) is 25.4. The maximum Gasteiger partial charge on any atom is 0.299 e. The van der Waals surface area contributed by atoms with Crippen LogP contribution in [0.3, 0.4) is 0 Å². The molecule has 1 heterocycles. The molecule has 124 valence electrons. The number of halogens is 2. The van der Waals surface area contributed by atoms with Crippen LogP contribution in [0.2, 0.25) is 10.0 Å². The third-order valence-corrected chi connectivity index (χ3v) is 5.40. The van der Waals surface area contributed by atoms with Crippen LogP contribution in [0.4, 0.5) is 5.69 Å². The summed E-state index contributed by atoms with van der Waals surface area (Å²) in [6.07, 6.45) is 0. The van der Waals surface area contributed by atoms with Crippen molar-refractivity contribution in [1.82, 2.24) is 0 Å². The van der Waals surface area contributed by atoms with Gasteiger partial charge in [0.25, 0.3) is 11.7 Å². The van der Waals surface area contributed by atoms with Crippen LogP contribution in [0.15, 0.2) is 41.3 Å². The molecule has 6 nitrogen and oxygen atoms in total. The van der Waals surface area contributed by atoms with Crippen LogP contribution in [0.1, 0.15) is 15.9 Å². The topological polar surface area (TPSA) is 97.5 Å². The second kappa shape index (κ2) is 5.86. The first-order valence-electron chi connectivity index (χ1n) is 6.66. The fraction of sp³-hybridized carbons (Fsp3) is 0.0667. The van der Waals surface area contributed by atoms with Gasteiger partial charge in [-0.2, -0.15) is 0 Å². The van der Waals surface area contributed by atoms with Gasteiger partial charge < -0.3 is 4.90 Å². The molecule has 0 fully saturated rings. The zero-order chi connectivity index (χ0) is 17.6. The third-order valence-electron chi connectivity index (χ3n) is 3.63. The Morgan fingerprint density at radius 2 is 1.79 bits per heavy atom. The number of nitrogens with two attached hydrogens (primary N) is 1. The molecular formula is C15H10Cl2N2O4S. The normalized spacial score (nSPS) is 14.2. The van der Waals surface area contributed by atoms with E-state index in [1.165, 1.54) is 17.0 Å². The molecule has 0 saturated carbocycles. The molecule has 3 rings (SSSR count). The lowest BCUT2D eigenvalue weighted by atomic mass is 10.1. The molecule has 9 heteroatoms. The van der Waals surface area contributed by atoms with E-state index in [1.807, 2.05) is 0 Å². The molecule has 0 aliphatic carbocycles.